The lowest BCUT2D eigenvalue weighted by Crippen LogP contribution is -2.53. The summed E-state index contributed by atoms with van der Waals surface area (Å²) in [6.07, 6.45) is 8.81. The Morgan fingerprint density at radius 1 is 1.21 bits per heavy atom. The quantitative estimate of drug-likeness (QED) is 0.417. The van der Waals surface area contributed by atoms with Crippen LogP contribution in [0.4, 0.5) is 0 Å². The highest BCUT2D eigenvalue weighted by Gasteiger charge is 2.57. The van der Waals surface area contributed by atoms with E-state index in [0.29, 0.717) is 18.4 Å². The maximum atomic E-state index is 10.3. The second-order valence-corrected chi connectivity index (χ2v) is 9.86. The predicted molar refractivity (Wildman–Crippen MR) is 108 cm³/mol. The van der Waals surface area contributed by atoms with Crippen LogP contribution in [0.1, 0.15) is 49.2 Å². The van der Waals surface area contributed by atoms with E-state index in [1.807, 2.05) is 12.4 Å². The normalized spacial score (nSPS) is 38.0. The summed E-state index contributed by atoms with van der Waals surface area (Å²) in [7, 11) is 0. The second-order valence-electron chi connectivity index (χ2n) is 9.86. The third-order valence-electron chi connectivity index (χ3n) is 8.74. The second kappa shape index (κ2) is 6.61. The van der Waals surface area contributed by atoms with Crippen LogP contribution in [0.25, 0.3) is 10.4 Å². The number of hydrogen-bond acceptors (Lipinski definition) is 4. The number of nitrogens with zero attached hydrogens (tertiary/aromatic N) is 5. The van der Waals surface area contributed by atoms with Crippen molar-refractivity contribution >= 4 is 0 Å². The van der Waals surface area contributed by atoms with Crippen molar-refractivity contribution in [2.24, 2.45) is 34.2 Å². The molecular formula is C21H29N7O. The molecule has 2 aromatic heterocycles. The van der Waals surface area contributed by atoms with Crippen LogP contribution >= 0.6 is 0 Å². The number of aliphatic hydroxyl groups excluding tert-OH is 1. The fourth-order valence-corrected chi connectivity index (χ4v) is 7.10. The molecule has 0 bridgehead atoms. The SMILES string of the molecule is C[C@]1([C@H]2CC[C@]3(C)c4[nH]ncc4C[C@H]3[C@@H]2CN=[N+]=[N-])Cc2cn[nH]c2C[C@@H]1CO. The lowest BCUT2D eigenvalue weighted by Gasteiger charge is -2.55. The molecule has 3 aliphatic rings. The molecule has 1 saturated carbocycles. The standard InChI is InChI=1S/C21H29N7O/c1-20-4-3-16(21(2)7-13-9-23-26-18(13)6-14(21)11-29)15(10-25-28-22)17(20)5-12-8-24-27-19(12)20/h8-9,14-17,29H,3-7,10-11H2,1-2H3,(H,23,26)(H,24,27)/t14-,15-,16+,17+,20+,21+/m1/s1. The number of hydrogen-bond donors (Lipinski definition) is 3. The summed E-state index contributed by atoms with van der Waals surface area (Å²) in [6.45, 7) is 5.38. The van der Waals surface area contributed by atoms with E-state index < -0.39 is 0 Å². The highest BCUT2D eigenvalue weighted by atomic mass is 16.3. The van der Waals surface area contributed by atoms with E-state index in [4.69, 9.17) is 5.53 Å². The van der Waals surface area contributed by atoms with E-state index in [9.17, 15) is 5.11 Å². The van der Waals surface area contributed by atoms with Crippen LogP contribution in [0, 0.1) is 29.1 Å². The van der Waals surface area contributed by atoms with Crippen LogP contribution in [-0.2, 0) is 24.7 Å². The third-order valence-corrected chi connectivity index (χ3v) is 8.74. The van der Waals surface area contributed by atoms with Gasteiger partial charge in [0.2, 0.25) is 0 Å². The minimum atomic E-state index is -0.0445. The summed E-state index contributed by atoms with van der Waals surface area (Å²) in [5.74, 6) is 1.29. The lowest BCUT2D eigenvalue weighted by atomic mass is 9.49. The molecule has 2 aromatic rings. The molecule has 2 heterocycles. The smallest absolute Gasteiger partial charge is 0.0522 e. The Kier molecular flexibility index (Phi) is 4.26. The Bertz CT molecular complexity index is 960. The monoisotopic (exact) mass is 395 g/mol. The molecule has 0 amide bonds. The summed E-state index contributed by atoms with van der Waals surface area (Å²) < 4.78 is 0. The predicted octanol–water partition coefficient (Wildman–Crippen LogP) is 3.31. The van der Waals surface area contributed by atoms with Gasteiger partial charge in [0.25, 0.3) is 0 Å². The molecule has 0 radical (unpaired) electrons. The van der Waals surface area contributed by atoms with Gasteiger partial charge < -0.3 is 5.11 Å². The molecule has 154 valence electrons. The fourth-order valence-electron chi connectivity index (χ4n) is 7.10. The molecule has 8 nitrogen and oxygen atoms in total. The Labute approximate surface area is 170 Å². The van der Waals surface area contributed by atoms with Crippen molar-refractivity contribution in [2.45, 2.75) is 51.4 Å². The average molecular weight is 396 g/mol. The summed E-state index contributed by atoms with van der Waals surface area (Å²) in [5, 5.41) is 29.3. The van der Waals surface area contributed by atoms with Crippen LogP contribution in [0.2, 0.25) is 0 Å². The van der Waals surface area contributed by atoms with Gasteiger partial charge >= 0.3 is 0 Å². The Morgan fingerprint density at radius 2 is 2.00 bits per heavy atom. The Balaban J connectivity index is 1.54. The molecule has 0 unspecified atom stereocenters. The van der Waals surface area contributed by atoms with Crippen LogP contribution in [-0.4, -0.2) is 38.7 Å². The van der Waals surface area contributed by atoms with Gasteiger partial charge in [0.05, 0.1) is 12.4 Å². The number of aromatic amines is 2. The Morgan fingerprint density at radius 3 is 2.79 bits per heavy atom. The summed E-state index contributed by atoms with van der Waals surface area (Å²) >= 11 is 0. The van der Waals surface area contributed by atoms with E-state index >= 15 is 0 Å². The molecule has 8 heteroatoms. The average Bonchev–Trinajstić information content (AvgIpc) is 3.41. The van der Waals surface area contributed by atoms with Gasteiger partial charge in [-0.3, -0.25) is 10.2 Å². The number of aromatic nitrogens is 4. The van der Waals surface area contributed by atoms with Gasteiger partial charge in [-0.15, -0.1) is 0 Å². The van der Waals surface area contributed by atoms with Crippen molar-refractivity contribution in [1.82, 2.24) is 20.4 Å². The van der Waals surface area contributed by atoms with Gasteiger partial charge in [0.15, 0.2) is 0 Å². The van der Waals surface area contributed by atoms with E-state index in [0.717, 1.165) is 37.8 Å². The first kappa shape index (κ1) is 18.7. The number of azide groups is 1. The van der Waals surface area contributed by atoms with Crippen molar-refractivity contribution in [1.29, 1.82) is 0 Å². The minimum Gasteiger partial charge on any atom is -0.396 e. The highest BCUT2D eigenvalue weighted by molar-refractivity contribution is 5.35. The maximum Gasteiger partial charge on any atom is 0.0522 e. The number of aliphatic hydroxyl groups is 1. The third kappa shape index (κ3) is 2.58. The lowest BCUT2D eigenvalue weighted by molar-refractivity contribution is -0.0463. The van der Waals surface area contributed by atoms with Crippen LogP contribution < -0.4 is 0 Å². The number of H-pyrrole nitrogens is 2. The topological polar surface area (TPSA) is 126 Å². The molecule has 0 aliphatic heterocycles. The molecule has 3 aliphatic carbocycles. The highest BCUT2D eigenvalue weighted by Crippen LogP contribution is 2.60. The van der Waals surface area contributed by atoms with Crippen molar-refractivity contribution < 1.29 is 5.11 Å². The molecule has 0 spiro atoms. The van der Waals surface area contributed by atoms with Gasteiger partial charge in [0.1, 0.15) is 0 Å². The summed E-state index contributed by atoms with van der Waals surface area (Å²) in [5.41, 5.74) is 14.1. The van der Waals surface area contributed by atoms with E-state index in [2.05, 4.69) is 44.3 Å². The first-order valence-electron chi connectivity index (χ1n) is 10.7. The molecule has 1 fully saturated rings. The first-order valence-corrected chi connectivity index (χ1v) is 10.7. The molecular weight excluding hydrogens is 366 g/mol. The zero-order chi connectivity index (χ0) is 20.2. The zero-order valence-corrected chi connectivity index (χ0v) is 17.1. The maximum absolute atomic E-state index is 10.3. The first-order chi connectivity index (χ1) is 14.0. The van der Waals surface area contributed by atoms with Gasteiger partial charge in [-0.05, 0) is 77.8 Å². The molecule has 0 aromatic carbocycles. The molecule has 6 atom stereocenters. The van der Waals surface area contributed by atoms with E-state index in [1.165, 1.54) is 16.8 Å². The summed E-state index contributed by atoms with van der Waals surface area (Å²) in [4.78, 5) is 3.11. The van der Waals surface area contributed by atoms with Crippen molar-refractivity contribution in [3.63, 3.8) is 0 Å². The molecule has 3 N–H and O–H groups in total. The van der Waals surface area contributed by atoms with Crippen LogP contribution in [0.5, 0.6) is 0 Å². The largest absolute Gasteiger partial charge is 0.396 e. The van der Waals surface area contributed by atoms with Crippen molar-refractivity contribution in [3.05, 3.63) is 45.4 Å². The van der Waals surface area contributed by atoms with E-state index in [-0.39, 0.29) is 29.3 Å². The van der Waals surface area contributed by atoms with Gasteiger partial charge in [0, 0.05) is 34.9 Å². The minimum absolute atomic E-state index is 0.0445. The molecule has 5 rings (SSSR count). The molecule has 0 saturated heterocycles. The number of rotatable bonds is 4. The fraction of sp³-hybridized carbons (Fsp3) is 0.714. The van der Waals surface area contributed by atoms with Crippen LogP contribution in [0.15, 0.2) is 17.5 Å². The van der Waals surface area contributed by atoms with Gasteiger partial charge in [-0.25, -0.2) is 0 Å². The zero-order valence-electron chi connectivity index (χ0n) is 17.1. The van der Waals surface area contributed by atoms with Crippen LogP contribution in [0.3, 0.4) is 0 Å². The van der Waals surface area contributed by atoms with Gasteiger partial charge in [-0.1, -0.05) is 19.0 Å². The van der Waals surface area contributed by atoms with Crippen molar-refractivity contribution in [3.8, 4) is 0 Å². The Hall–Kier alpha value is -2.31. The van der Waals surface area contributed by atoms with Gasteiger partial charge in [-0.2, -0.15) is 10.2 Å². The molecule has 29 heavy (non-hydrogen) atoms. The number of nitrogens with one attached hydrogen (secondary N) is 2. The summed E-state index contributed by atoms with van der Waals surface area (Å²) in [6, 6.07) is 0. The van der Waals surface area contributed by atoms with Crippen molar-refractivity contribution in [2.75, 3.05) is 13.2 Å². The van der Waals surface area contributed by atoms with E-state index in [1.54, 1.807) is 0 Å². The number of fused-ring (bicyclic) bond motifs is 4.